The van der Waals surface area contributed by atoms with E-state index in [1.807, 2.05) is 0 Å². The Morgan fingerprint density at radius 1 is 1.20 bits per heavy atom. The van der Waals surface area contributed by atoms with Crippen molar-refractivity contribution in [3.05, 3.63) is 12.3 Å². The van der Waals surface area contributed by atoms with Gasteiger partial charge in [-0.05, 0) is 6.07 Å². The van der Waals surface area contributed by atoms with E-state index in [0.717, 1.165) is 6.26 Å². The Hall–Kier alpha value is -2.56. The Kier molecular flexibility index (Phi) is 2.47. The molecule has 0 aliphatic carbocycles. The molecule has 0 unspecified atom stereocenters. The zero-order chi connectivity index (χ0) is 14.5. The minimum absolute atomic E-state index is 0.0542. The fourth-order valence-electron chi connectivity index (χ4n) is 1.59. The molecule has 0 saturated heterocycles. The highest BCUT2D eigenvalue weighted by molar-refractivity contribution is 7.90. The Morgan fingerprint density at radius 2 is 1.95 bits per heavy atom. The lowest BCUT2D eigenvalue weighted by molar-refractivity contribution is 0.592. The summed E-state index contributed by atoms with van der Waals surface area (Å²) >= 11 is 0. The fourth-order valence-corrected chi connectivity index (χ4v) is 2.10. The number of fused-ring (bicyclic) bond motifs is 1. The molecule has 0 aliphatic heterocycles. The topological polar surface area (TPSA) is 134 Å². The van der Waals surface area contributed by atoms with Gasteiger partial charge in [-0.3, -0.25) is 4.68 Å². The van der Waals surface area contributed by atoms with Gasteiger partial charge in [-0.15, -0.1) is 5.10 Å². The van der Waals surface area contributed by atoms with Gasteiger partial charge in [0, 0.05) is 19.5 Å². The molecule has 3 heterocycles. The second kappa shape index (κ2) is 3.96. The van der Waals surface area contributed by atoms with Crippen molar-refractivity contribution in [3.8, 4) is 11.5 Å². The van der Waals surface area contributed by atoms with Crippen LogP contribution < -0.4 is 5.73 Å². The number of nitrogens with two attached hydrogens (primary N) is 1. The second-order valence-corrected chi connectivity index (χ2v) is 6.07. The summed E-state index contributed by atoms with van der Waals surface area (Å²) in [5.74, 6) is 0.237. The third-order valence-electron chi connectivity index (χ3n) is 2.49. The largest absolute Gasteiger partial charge is 0.368 e. The van der Waals surface area contributed by atoms with E-state index in [9.17, 15) is 8.42 Å². The molecule has 0 saturated carbocycles. The number of nitrogens with zero attached hydrogens (tertiary/aromatic N) is 7. The van der Waals surface area contributed by atoms with Crippen LogP contribution in [0.1, 0.15) is 0 Å². The minimum Gasteiger partial charge on any atom is -0.368 e. The van der Waals surface area contributed by atoms with Crippen molar-refractivity contribution < 1.29 is 8.42 Å². The molecule has 10 nitrogen and oxygen atoms in total. The number of hydrogen-bond acceptors (Lipinski definition) is 8. The molecule has 104 valence electrons. The third-order valence-corrected chi connectivity index (χ3v) is 3.33. The van der Waals surface area contributed by atoms with Gasteiger partial charge in [-0.2, -0.15) is 24.6 Å². The third kappa shape index (κ3) is 1.97. The van der Waals surface area contributed by atoms with Crippen LogP contribution in [0.25, 0.3) is 17.3 Å². The highest BCUT2D eigenvalue weighted by Crippen LogP contribution is 2.15. The maximum atomic E-state index is 11.5. The summed E-state index contributed by atoms with van der Waals surface area (Å²) in [6.45, 7) is 0. The summed E-state index contributed by atoms with van der Waals surface area (Å²) in [6, 6.07) is 1.72. The van der Waals surface area contributed by atoms with Crippen molar-refractivity contribution >= 4 is 21.6 Å². The first kappa shape index (κ1) is 12.5. The number of aromatic nitrogens is 7. The van der Waals surface area contributed by atoms with E-state index in [4.69, 9.17) is 5.73 Å². The maximum absolute atomic E-state index is 11.5. The lowest BCUT2D eigenvalue weighted by Crippen LogP contribution is -2.11. The molecule has 11 heteroatoms. The number of sulfone groups is 1. The molecule has 0 fully saturated rings. The van der Waals surface area contributed by atoms with Gasteiger partial charge in [0.1, 0.15) is 5.69 Å². The maximum Gasteiger partial charge on any atom is 0.258 e. The standard InChI is InChI=1S/C9H10N8O2S/c1-16-4-3-5(14-16)6-11-8-13-9(20(2,18)19)12-7(10)17(8)15-6/h3-4H,1-2H3,(H2,10,11,12,13,15). The first-order valence-corrected chi connectivity index (χ1v) is 7.34. The Bertz CT molecular complexity index is 909. The average molecular weight is 294 g/mol. The van der Waals surface area contributed by atoms with E-state index in [1.54, 1.807) is 24.0 Å². The highest BCUT2D eigenvalue weighted by Gasteiger charge is 2.18. The van der Waals surface area contributed by atoms with E-state index in [0.29, 0.717) is 5.69 Å². The average Bonchev–Trinajstić information content (AvgIpc) is 2.93. The van der Waals surface area contributed by atoms with Gasteiger partial charge in [0.05, 0.1) is 0 Å². The van der Waals surface area contributed by atoms with Crippen molar-refractivity contribution in [2.45, 2.75) is 5.16 Å². The minimum atomic E-state index is -3.57. The molecular weight excluding hydrogens is 284 g/mol. The van der Waals surface area contributed by atoms with Gasteiger partial charge in [0.25, 0.3) is 10.9 Å². The number of hydrogen-bond donors (Lipinski definition) is 1. The smallest absolute Gasteiger partial charge is 0.258 e. The van der Waals surface area contributed by atoms with E-state index in [2.05, 4.69) is 25.1 Å². The van der Waals surface area contributed by atoms with Crippen LogP contribution in [-0.2, 0) is 16.9 Å². The van der Waals surface area contributed by atoms with Gasteiger partial charge < -0.3 is 5.73 Å². The molecule has 0 spiro atoms. The van der Waals surface area contributed by atoms with Crippen molar-refractivity contribution in [1.82, 2.24) is 34.3 Å². The summed E-state index contributed by atoms with van der Waals surface area (Å²) in [5.41, 5.74) is 6.20. The van der Waals surface area contributed by atoms with E-state index >= 15 is 0 Å². The van der Waals surface area contributed by atoms with Gasteiger partial charge >= 0.3 is 0 Å². The second-order valence-electron chi connectivity index (χ2n) is 4.16. The molecule has 3 aromatic heterocycles. The van der Waals surface area contributed by atoms with Crippen LogP contribution in [0.5, 0.6) is 0 Å². The molecule has 2 N–H and O–H groups in total. The van der Waals surface area contributed by atoms with Gasteiger partial charge in [0.2, 0.25) is 21.6 Å². The lowest BCUT2D eigenvalue weighted by Gasteiger charge is -1.99. The number of nitrogen functional groups attached to an aromatic ring is 1. The van der Waals surface area contributed by atoms with Crippen molar-refractivity contribution in [3.63, 3.8) is 0 Å². The summed E-state index contributed by atoms with van der Waals surface area (Å²) in [4.78, 5) is 11.6. The predicted molar refractivity (Wildman–Crippen MR) is 68.3 cm³/mol. The molecule has 0 amide bonds. The monoisotopic (exact) mass is 294 g/mol. The first-order valence-electron chi connectivity index (χ1n) is 5.45. The Labute approximate surface area is 113 Å². The summed E-state index contributed by atoms with van der Waals surface area (Å²) < 4.78 is 25.7. The number of anilines is 1. The normalized spacial score (nSPS) is 12.1. The highest BCUT2D eigenvalue weighted by atomic mass is 32.2. The van der Waals surface area contributed by atoms with Crippen LogP contribution >= 0.6 is 0 Å². The molecule has 0 aliphatic rings. The van der Waals surface area contributed by atoms with Crippen LogP contribution in [0.15, 0.2) is 17.4 Å². The molecule has 3 aromatic rings. The van der Waals surface area contributed by atoms with Crippen molar-refractivity contribution in [2.24, 2.45) is 7.05 Å². The number of rotatable bonds is 2. The van der Waals surface area contributed by atoms with Gasteiger partial charge in [-0.25, -0.2) is 8.42 Å². The lowest BCUT2D eigenvalue weighted by atomic mass is 10.4. The molecule has 20 heavy (non-hydrogen) atoms. The summed E-state index contributed by atoms with van der Waals surface area (Å²) in [5, 5.41) is 7.87. The zero-order valence-corrected chi connectivity index (χ0v) is 11.4. The van der Waals surface area contributed by atoms with Crippen LogP contribution in [0, 0.1) is 0 Å². The molecule has 0 aromatic carbocycles. The van der Waals surface area contributed by atoms with E-state index < -0.39 is 9.84 Å². The van der Waals surface area contributed by atoms with Gasteiger partial charge in [0.15, 0.2) is 0 Å². The van der Waals surface area contributed by atoms with Gasteiger partial charge in [-0.1, -0.05) is 0 Å². The molecule has 0 bridgehead atoms. The first-order chi connectivity index (χ1) is 9.34. The summed E-state index contributed by atoms with van der Waals surface area (Å²) in [7, 11) is -1.81. The number of aryl methyl sites for hydroxylation is 1. The molecule has 3 rings (SSSR count). The molecular formula is C9H10N8O2S. The SMILES string of the molecule is Cn1ccc(-c2nc3nc(S(C)(=O)=O)nc(N)n3n2)n1. The van der Waals surface area contributed by atoms with Crippen LogP contribution in [-0.4, -0.2) is 49.0 Å². The van der Waals surface area contributed by atoms with E-state index in [1.165, 1.54) is 4.52 Å². The quantitative estimate of drug-likeness (QED) is 0.629. The van der Waals surface area contributed by atoms with Crippen molar-refractivity contribution in [2.75, 3.05) is 12.0 Å². The van der Waals surface area contributed by atoms with Crippen LogP contribution in [0.2, 0.25) is 0 Å². The van der Waals surface area contributed by atoms with Crippen LogP contribution in [0.3, 0.4) is 0 Å². The zero-order valence-electron chi connectivity index (χ0n) is 10.6. The predicted octanol–water partition coefficient (Wildman–Crippen LogP) is -1.09. The van der Waals surface area contributed by atoms with E-state index in [-0.39, 0.29) is 22.7 Å². The Balaban J connectivity index is 2.23. The molecule has 0 radical (unpaired) electrons. The van der Waals surface area contributed by atoms with Crippen molar-refractivity contribution in [1.29, 1.82) is 0 Å². The Morgan fingerprint density at radius 3 is 2.55 bits per heavy atom. The summed E-state index contributed by atoms with van der Waals surface area (Å²) in [6.07, 6.45) is 2.73. The molecule has 0 atom stereocenters. The fraction of sp³-hybridized carbons (Fsp3) is 0.222. The van der Waals surface area contributed by atoms with Crippen LogP contribution in [0.4, 0.5) is 5.95 Å².